The SMILES string of the molecule is CC1CC(=Nc2ccccc2)CC(=O)O1. The van der Waals surface area contributed by atoms with Gasteiger partial charge >= 0.3 is 5.97 Å². The fraction of sp³-hybridized carbons (Fsp3) is 0.333. The average molecular weight is 203 g/mol. The highest BCUT2D eigenvalue weighted by atomic mass is 16.5. The summed E-state index contributed by atoms with van der Waals surface area (Å²) in [4.78, 5) is 15.6. The van der Waals surface area contributed by atoms with Gasteiger partial charge in [-0.25, -0.2) is 0 Å². The molecular formula is C12H13NO2. The number of esters is 1. The van der Waals surface area contributed by atoms with Crippen LogP contribution in [-0.2, 0) is 9.53 Å². The van der Waals surface area contributed by atoms with Gasteiger partial charge in [0.1, 0.15) is 6.10 Å². The van der Waals surface area contributed by atoms with Gasteiger partial charge in [-0.1, -0.05) is 18.2 Å². The normalized spacial score (nSPS) is 23.9. The number of nitrogens with zero attached hydrogens (tertiary/aromatic N) is 1. The lowest BCUT2D eigenvalue weighted by Gasteiger charge is -2.19. The van der Waals surface area contributed by atoms with Gasteiger partial charge in [0.05, 0.1) is 12.1 Å². The van der Waals surface area contributed by atoms with Crippen molar-refractivity contribution in [3.05, 3.63) is 30.3 Å². The second-order valence-corrected chi connectivity index (χ2v) is 3.69. The molecule has 1 fully saturated rings. The molecule has 0 N–H and O–H groups in total. The van der Waals surface area contributed by atoms with Gasteiger partial charge in [-0.2, -0.15) is 0 Å². The predicted molar refractivity (Wildman–Crippen MR) is 58.3 cm³/mol. The molecule has 1 aromatic rings. The van der Waals surface area contributed by atoms with E-state index in [1.807, 2.05) is 37.3 Å². The number of cyclic esters (lactones) is 1. The fourth-order valence-electron chi connectivity index (χ4n) is 1.65. The summed E-state index contributed by atoms with van der Waals surface area (Å²) in [5.41, 5.74) is 1.80. The van der Waals surface area contributed by atoms with Crippen molar-refractivity contribution in [3.8, 4) is 0 Å². The molecule has 1 aliphatic heterocycles. The van der Waals surface area contributed by atoms with Crippen LogP contribution in [0.2, 0.25) is 0 Å². The Bertz CT molecular complexity index is 384. The Labute approximate surface area is 88.8 Å². The third kappa shape index (κ3) is 2.65. The van der Waals surface area contributed by atoms with E-state index in [9.17, 15) is 4.79 Å². The Morgan fingerprint density at radius 1 is 1.33 bits per heavy atom. The lowest BCUT2D eigenvalue weighted by atomic mass is 10.1. The van der Waals surface area contributed by atoms with Crippen molar-refractivity contribution in [3.63, 3.8) is 0 Å². The number of carbonyl (C=O) groups is 1. The van der Waals surface area contributed by atoms with E-state index in [1.165, 1.54) is 0 Å². The van der Waals surface area contributed by atoms with Crippen molar-refractivity contribution in [1.29, 1.82) is 0 Å². The van der Waals surface area contributed by atoms with Crippen LogP contribution in [0.3, 0.4) is 0 Å². The summed E-state index contributed by atoms with van der Waals surface area (Å²) < 4.78 is 5.03. The monoisotopic (exact) mass is 203 g/mol. The summed E-state index contributed by atoms with van der Waals surface area (Å²) in [6.07, 6.45) is 1.01. The number of para-hydroxylation sites is 1. The van der Waals surface area contributed by atoms with E-state index >= 15 is 0 Å². The minimum atomic E-state index is -0.177. The Hall–Kier alpha value is -1.64. The van der Waals surface area contributed by atoms with Gasteiger partial charge in [0.2, 0.25) is 0 Å². The quantitative estimate of drug-likeness (QED) is 0.658. The second-order valence-electron chi connectivity index (χ2n) is 3.69. The summed E-state index contributed by atoms with van der Waals surface area (Å²) in [7, 11) is 0. The van der Waals surface area contributed by atoms with Gasteiger partial charge in [0.15, 0.2) is 0 Å². The van der Waals surface area contributed by atoms with Crippen LogP contribution in [0.1, 0.15) is 19.8 Å². The van der Waals surface area contributed by atoms with Crippen LogP contribution in [0.15, 0.2) is 35.3 Å². The lowest BCUT2D eigenvalue weighted by molar-refractivity contribution is -0.147. The maximum Gasteiger partial charge on any atom is 0.311 e. The highest BCUT2D eigenvalue weighted by Crippen LogP contribution is 2.17. The number of carbonyl (C=O) groups excluding carboxylic acids is 1. The fourth-order valence-corrected chi connectivity index (χ4v) is 1.65. The molecule has 15 heavy (non-hydrogen) atoms. The number of hydrogen-bond acceptors (Lipinski definition) is 3. The van der Waals surface area contributed by atoms with Crippen LogP contribution in [0.5, 0.6) is 0 Å². The second kappa shape index (κ2) is 4.26. The number of benzene rings is 1. The van der Waals surface area contributed by atoms with Crippen LogP contribution in [-0.4, -0.2) is 17.8 Å². The first-order chi connectivity index (χ1) is 7.24. The largest absolute Gasteiger partial charge is 0.462 e. The molecule has 0 saturated carbocycles. The van der Waals surface area contributed by atoms with E-state index in [4.69, 9.17) is 4.74 Å². The Kier molecular flexibility index (Phi) is 2.81. The van der Waals surface area contributed by atoms with Crippen molar-refractivity contribution in [1.82, 2.24) is 0 Å². The van der Waals surface area contributed by atoms with Crippen molar-refractivity contribution >= 4 is 17.4 Å². The smallest absolute Gasteiger partial charge is 0.311 e. The first-order valence-corrected chi connectivity index (χ1v) is 5.05. The minimum absolute atomic E-state index is 0.0475. The highest BCUT2D eigenvalue weighted by molar-refractivity contribution is 6.02. The van der Waals surface area contributed by atoms with E-state index in [-0.39, 0.29) is 12.1 Å². The molecule has 1 unspecified atom stereocenters. The summed E-state index contributed by atoms with van der Waals surface area (Å²) in [6, 6.07) is 9.67. The molecule has 0 aliphatic carbocycles. The van der Waals surface area contributed by atoms with Gasteiger partial charge in [0, 0.05) is 12.1 Å². The number of ether oxygens (including phenoxy) is 1. The number of hydrogen-bond donors (Lipinski definition) is 0. The first kappa shape index (κ1) is 9.90. The average Bonchev–Trinajstić information content (AvgIpc) is 2.17. The van der Waals surface area contributed by atoms with E-state index in [0.717, 1.165) is 17.8 Å². The molecule has 0 bridgehead atoms. The summed E-state index contributed by atoms with van der Waals surface area (Å²) in [6.45, 7) is 1.89. The Morgan fingerprint density at radius 3 is 2.73 bits per heavy atom. The first-order valence-electron chi connectivity index (χ1n) is 5.05. The maximum atomic E-state index is 11.2. The summed E-state index contributed by atoms with van der Waals surface area (Å²) in [5.74, 6) is -0.177. The Balaban J connectivity index is 2.16. The zero-order valence-electron chi connectivity index (χ0n) is 8.64. The molecule has 1 atom stereocenters. The number of rotatable bonds is 1. The topological polar surface area (TPSA) is 38.7 Å². The summed E-state index contributed by atoms with van der Waals surface area (Å²) in [5, 5.41) is 0. The van der Waals surface area contributed by atoms with Gasteiger partial charge < -0.3 is 4.74 Å². The van der Waals surface area contributed by atoms with Gasteiger partial charge in [-0.05, 0) is 19.1 Å². The van der Waals surface area contributed by atoms with Gasteiger partial charge in [-0.15, -0.1) is 0 Å². The molecule has 0 aromatic heterocycles. The van der Waals surface area contributed by atoms with E-state index in [2.05, 4.69) is 4.99 Å². The molecule has 0 amide bonds. The van der Waals surface area contributed by atoms with Crippen molar-refractivity contribution in [2.45, 2.75) is 25.9 Å². The molecule has 3 heteroatoms. The predicted octanol–water partition coefficient (Wildman–Crippen LogP) is 2.48. The molecule has 3 nitrogen and oxygen atoms in total. The van der Waals surface area contributed by atoms with E-state index in [1.54, 1.807) is 0 Å². The van der Waals surface area contributed by atoms with Crippen molar-refractivity contribution in [2.24, 2.45) is 4.99 Å². The third-order valence-corrected chi connectivity index (χ3v) is 2.25. The molecule has 1 aromatic carbocycles. The molecular weight excluding hydrogens is 190 g/mol. The maximum absolute atomic E-state index is 11.2. The zero-order chi connectivity index (χ0) is 10.7. The lowest BCUT2D eigenvalue weighted by Crippen LogP contribution is -2.27. The van der Waals surface area contributed by atoms with Crippen LogP contribution in [0.4, 0.5) is 5.69 Å². The number of aliphatic imine (C=N–C) groups is 1. The summed E-state index contributed by atoms with van der Waals surface area (Å²) >= 11 is 0. The van der Waals surface area contributed by atoms with Crippen LogP contribution in [0, 0.1) is 0 Å². The van der Waals surface area contributed by atoms with Crippen molar-refractivity contribution < 1.29 is 9.53 Å². The molecule has 2 rings (SSSR count). The van der Waals surface area contributed by atoms with Crippen molar-refractivity contribution in [2.75, 3.05) is 0 Å². The van der Waals surface area contributed by atoms with E-state index < -0.39 is 0 Å². The van der Waals surface area contributed by atoms with Crippen LogP contribution < -0.4 is 0 Å². The third-order valence-electron chi connectivity index (χ3n) is 2.25. The molecule has 1 aliphatic rings. The molecule has 0 radical (unpaired) electrons. The van der Waals surface area contributed by atoms with Gasteiger partial charge in [-0.3, -0.25) is 9.79 Å². The minimum Gasteiger partial charge on any atom is -0.462 e. The molecule has 0 spiro atoms. The van der Waals surface area contributed by atoms with Crippen LogP contribution >= 0.6 is 0 Å². The Morgan fingerprint density at radius 2 is 2.07 bits per heavy atom. The van der Waals surface area contributed by atoms with E-state index in [0.29, 0.717) is 6.42 Å². The molecule has 1 heterocycles. The highest BCUT2D eigenvalue weighted by Gasteiger charge is 2.21. The van der Waals surface area contributed by atoms with Gasteiger partial charge in [0.25, 0.3) is 0 Å². The standard InChI is InChI=1S/C12H13NO2/c1-9-7-11(8-12(14)15-9)13-10-5-3-2-4-6-10/h2-6,9H,7-8H2,1H3. The zero-order valence-corrected chi connectivity index (χ0v) is 8.64. The van der Waals surface area contributed by atoms with Crippen LogP contribution in [0.25, 0.3) is 0 Å². The molecule has 1 saturated heterocycles. The molecule has 78 valence electrons.